The van der Waals surface area contributed by atoms with E-state index in [0.29, 0.717) is 45.8 Å². The van der Waals surface area contributed by atoms with Gasteiger partial charge in [0, 0.05) is 26.3 Å². The van der Waals surface area contributed by atoms with Gasteiger partial charge in [0.25, 0.3) is 0 Å². The maximum Gasteiger partial charge on any atom is 0.227 e. The Hall–Kier alpha value is -1.30. The summed E-state index contributed by atoms with van der Waals surface area (Å²) in [5.41, 5.74) is 6.38. The zero-order valence-electron chi connectivity index (χ0n) is 13.0. The highest BCUT2D eigenvalue weighted by atomic mass is 35.5. The third-order valence-electron chi connectivity index (χ3n) is 3.98. The number of ether oxygens (including phenoxy) is 2. The maximum absolute atomic E-state index is 12.5. The lowest BCUT2D eigenvalue weighted by molar-refractivity contribution is -0.136. The standard InChI is InChI=1S/C16H24N2O3.ClH/c1-2-21-14-5-3-4-13(10-14)11-18-15(19)16(12-17)6-8-20-9-7-16;/h3-5,10H,2,6-9,11-12,17H2,1H3,(H,18,19);1H. The van der Waals surface area contributed by atoms with E-state index >= 15 is 0 Å². The van der Waals surface area contributed by atoms with Gasteiger partial charge in [-0.25, -0.2) is 0 Å². The Kier molecular flexibility index (Phi) is 7.65. The molecule has 0 aliphatic carbocycles. The summed E-state index contributed by atoms with van der Waals surface area (Å²) in [5, 5.41) is 3.00. The number of nitrogens with one attached hydrogen (secondary N) is 1. The van der Waals surface area contributed by atoms with E-state index in [-0.39, 0.29) is 18.3 Å². The molecule has 22 heavy (non-hydrogen) atoms. The molecule has 1 fully saturated rings. The number of carbonyl (C=O) groups excluding carboxylic acids is 1. The summed E-state index contributed by atoms with van der Waals surface area (Å²) in [7, 11) is 0. The van der Waals surface area contributed by atoms with E-state index < -0.39 is 5.41 Å². The molecule has 6 heteroatoms. The average molecular weight is 329 g/mol. The predicted molar refractivity (Wildman–Crippen MR) is 88.2 cm³/mol. The van der Waals surface area contributed by atoms with Gasteiger partial charge in [-0.2, -0.15) is 0 Å². The molecule has 1 aliphatic rings. The van der Waals surface area contributed by atoms with Crippen molar-refractivity contribution >= 4 is 18.3 Å². The van der Waals surface area contributed by atoms with Gasteiger partial charge in [-0.15, -0.1) is 12.4 Å². The molecule has 0 atom stereocenters. The van der Waals surface area contributed by atoms with Crippen LogP contribution in [0.1, 0.15) is 25.3 Å². The fourth-order valence-corrected chi connectivity index (χ4v) is 2.57. The quantitative estimate of drug-likeness (QED) is 0.836. The van der Waals surface area contributed by atoms with Gasteiger partial charge in [-0.3, -0.25) is 4.79 Å². The Bertz CT molecular complexity index is 476. The van der Waals surface area contributed by atoms with Crippen LogP contribution in [0.5, 0.6) is 5.75 Å². The first kappa shape index (κ1) is 18.7. The molecule has 0 unspecified atom stereocenters. The van der Waals surface area contributed by atoms with Crippen LogP contribution < -0.4 is 15.8 Å². The van der Waals surface area contributed by atoms with E-state index in [1.807, 2.05) is 31.2 Å². The number of hydrogen-bond acceptors (Lipinski definition) is 4. The molecule has 1 aromatic rings. The average Bonchev–Trinajstić information content (AvgIpc) is 2.54. The Morgan fingerprint density at radius 1 is 1.41 bits per heavy atom. The fraction of sp³-hybridized carbons (Fsp3) is 0.562. The van der Waals surface area contributed by atoms with Gasteiger partial charge in [0.2, 0.25) is 5.91 Å². The summed E-state index contributed by atoms with van der Waals surface area (Å²) in [5.74, 6) is 0.846. The Labute approximate surface area is 138 Å². The molecule has 1 heterocycles. The molecule has 1 amide bonds. The minimum absolute atomic E-state index is 0. The lowest BCUT2D eigenvalue weighted by Gasteiger charge is -2.34. The molecular weight excluding hydrogens is 304 g/mol. The highest BCUT2D eigenvalue weighted by molar-refractivity contribution is 5.85. The molecule has 0 saturated carbocycles. The van der Waals surface area contributed by atoms with E-state index in [1.54, 1.807) is 0 Å². The third kappa shape index (κ3) is 4.60. The molecule has 124 valence electrons. The smallest absolute Gasteiger partial charge is 0.227 e. The second-order valence-electron chi connectivity index (χ2n) is 5.36. The summed E-state index contributed by atoms with van der Waals surface area (Å²) in [4.78, 5) is 12.5. The largest absolute Gasteiger partial charge is 0.494 e. The zero-order chi connectivity index (χ0) is 15.1. The van der Waals surface area contributed by atoms with E-state index in [0.717, 1.165) is 11.3 Å². The van der Waals surface area contributed by atoms with Crippen molar-refractivity contribution in [2.75, 3.05) is 26.4 Å². The molecule has 3 N–H and O–H groups in total. The van der Waals surface area contributed by atoms with Crippen LogP contribution in [0.3, 0.4) is 0 Å². The van der Waals surface area contributed by atoms with E-state index in [9.17, 15) is 4.79 Å². The van der Waals surface area contributed by atoms with Crippen molar-refractivity contribution in [1.82, 2.24) is 5.32 Å². The minimum atomic E-state index is -0.476. The third-order valence-corrected chi connectivity index (χ3v) is 3.98. The SMILES string of the molecule is CCOc1cccc(CNC(=O)C2(CN)CCOCC2)c1.Cl. The Morgan fingerprint density at radius 2 is 2.14 bits per heavy atom. The predicted octanol–water partition coefficient (Wildman–Crippen LogP) is 1.88. The summed E-state index contributed by atoms with van der Waals surface area (Å²) in [6.45, 7) is 4.63. The van der Waals surface area contributed by atoms with Gasteiger partial charge in [-0.05, 0) is 37.5 Å². The van der Waals surface area contributed by atoms with Crippen molar-refractivity contribution in [2.45, 2.75) is 26.3 Å². The summed E-state index contributed by atoms with van der Waals surface area (Å²) in [6, 6.07) is 7.76. The highest BCUT2D eigenvalue weighted by Crippen LogP contribution is 2.29. The monoisotopic (exact) mass is 328 g/mol. The number of carbonyl (C=O) groups is 1. The second-order valence-corrected chi connectivity index (χ2v) is 5.36. The second kappa shape index (κ2) is 8.98. The maximum atomic E-state index is 12.5. The molecule has 0 radical (unpaired) electrons. The lowest BCUT2D eigenvalue weighted by atomic mass is 9.79. The summed E-state index contributed by atoms with van der Waals surface area (Å²) >= 11 is 0. The van der Waals surface area contributed by atoms with Gasteiger partial charge in [0.1, 0.15) is 5.75 Å². The van der Waals surface area contributed by atoms with Gasteiger partial charge in [-0.1, -0.05) is 12.1 Å². The van der Waals surface area contributed by atoms with Gasteiger partial charge < -0.3 is 20.5 Å². The summed E-state index contributed by atoms with van der Waals surface area (Å²) in [6.07, 6.45) is 1.38. The van der Waals surface area contributed by atoms with Crippen LogP contribution in [0, 0.1) is 5.41 Å². The zero-order valence-corrected chi connectivity index (χ0v) is 13.8. The van der Waals surface area contributed by atoms with Crippen molar-refractivity contribution in [3.05, 3.63) is 29.8 Å². The van der Waals surface area contributed by atoms with Gasteiger partial charge >= 0.3 is 0 Å². The topological polar surface area (TPSA) is 73.6 Å². The molecule has 1 aliphatic heterocycles. The van der Waals surface area contributed by atoms with Crippen LogP contribution in [0.15, 0.2) is 24.3 Å². The Balaban J connectivity index is 0.00000242. The van der Waals surface area contributed by atoms with E-state index in [2.05, 4.69) is 5.32 Å². The van der Waals surface area contributed by atoms with Gasteiger partial charge in [0.05, 0.1) is 12.0 Å². The fourth-order valence-electron chi connectivity index (χ4n) is 2.57. The van der Waals surface area contributed by atoms with Crippen LogP contribution in [-0.4, -0.2) is 32.3 Å². The Morgan fingerprint density at radius 3 is 2.77 bits per heavy atom. The number of rotatable bonds is 6. The van der Waals surface area contributed by atoms with Crippen molar-refractivity contribution < 1.29 is 14.3 Å². The van der Waals surface area contributed by atoms with Crippen molar-refractivity contribution in [1.29, 1.82) is 0 Å². The van der Waals surface area contributed by atoms with Crippen LogP contribution in [-0.2, 0) is 16.1 Å². The van der Waals surface area contributed by atoms with Crippen LogP contribution in [0.4, 0.5) is 0 Å². The first-order valence-corrected chi connectivity index (χ1v) is 7.48. The summed E-state index contributed by atoms with van der Waals surface area (Å²) < 4.78 is 10.8. The van der Waals surface area contributed by atoms with Crippen molar-refractivity contribution in [2.24, 2.45) is 11.1 Å². The van der Waals surface area contributed by atoms with Crippen molar-refractivity contribution in [3.63, 3.8) is 0 Å². The lowest BCUT2D eigenvalue weighted by Crippen LogP contribution is -2.48. The molecular formula is C16H25ClN2O3. The number of benzene rings is 1. The molecule has 5 nitrogen and oxygen atoms in total. The van der Waals surface area contributed by atoms with Crippen molar-refractivity contribution in [3.8, 4) is 5.75 Å². The first-order chi connectivity index (χ1) is 10.2. The first-order valence-electron chi connectivity index (χ1n) is 7.48. The highest BCUT2D eigenvalue weighted by Gasteiger charge is 2.38. The van der Waals surface area contributed by atoms with Gasteiger partial charge in [0.15, 0.2) is 0 Å². The number of nitrogens with two attached hydrogens (primary N) is 1. The number of halogens is 1. The molecule has 0 spiro atoms. The molecule has 1 aromatic carbocycles. The number of amides is 1. The van der Waals surface area contributed by atoms with E-state index in [1.165, 1.54) is 0 Å². The van der Waals surface area contributed by atoms with E-state index in [4.69, 9.17) is 15.2 Å². The van der Waals surface area contributed by atoms with Crippen LogP contribution >= 0.6 is 12.4 Å². The molecule has 0 aromatic heterocycles. The van der Waals surface area contributed by atoms with Crippen LogP contribution in [0.2, 0.25) is 0 Å². The molecule has 1 saturated heterocycles. The molecule has 0 bridgehead atoms. The van der Waals surface area contributed by atoms with Crippen LogP contribution in [0.25, 0.3) is 0 Å². The minimum Gasteiger partial charge on any atom is -0.494 e. The number of hydrogen-bond donors (Lipinski definition) is 2. The molecule has 2 rings (SSSR count). The normalized spacial score (nSPS) is 16.5.